The summed E-state index contributed by atoms with van der Waals surface area (Å²) < 4.78 is 6.58. The van der Waals surface area contributed by atoms with Crippen LogP contribution in [0, 0.1) is 0 Å². The first-order chi connectivity index (χ1) is 9.67. The largest absolute Gasteiger partial charge is 0.461 e. The second-order valence-electron chi connectivity index (χ2n) is 3.93. The summed E-state index contributed by atoms with van der Waals surface area (Å²) in [5.41, 5.74) is 0. The number of nitrogens with one attached hydrogen (secondary N) is 2. The number of furan rings is 1. The molecule has 0 unspecified atom stereocenters. The van der Waals surface area contributed by atoms with Gasteiger partial charge >= 0.3 is 0 Å². The van der Waals surface area contributed by atoms with Gasteiger partial charge in [-0.2, -0.15) is 19.5 Å². The number of hydrogen-bond donors (Lipinski definition) is 2. The summed E-state index contributed by atoms with van der Waals surface area (Å²) in [6, 6.07) is 3.47. The molecule has 0 saturated carbocycles. The lowest BCUT2D eigenvalue weighted by Crippen LogP contribution is -2.14. The summed E-state index contributed by atoms with van der Waals surface area (Å²) in [7, 11) is 1.67. The normalized spacial score (nSPS) is 10.7. The third kappa shape index (κ3) is 2.05. The topological polar surface area (TPSA) is 110 Å². The molecule has 3 aromatic heterocycles. The zero-order valence-corrected chi connectivity index (χ0v) is 10.8. The van der Waals surface area contributed by atoms with E-state index in [-0.39, 0.29) is 11.9 Å². The fraction of sp³-hybridized carbons (Fsp3) is 0.182. The number of rotatable bonds is 3. The molecule has 0 aromatic carbocycles. The number of amides is 1. The number of carbonyl (C=O) groups is 1. The van der Waals surface area contributed by atoms with E-state index in [1.54, 1.807) is 19.2 Å². The summed E-state index contributed by atoms with van der Waals surface area (Å²) in [5.74, 6) is 1.48. The van der Waals surface area contributed by atoms with Gasteiger partial charge in [0.2, 0.25) is 23.6 Å². The van der Waals surface area contributed by atoms with E-state index in [0.29, 0.717) is 23.3 Å². The Bertz CT molecular complexity index is 763. The van der Waals surface area contributed by atoms with Crippen LogP contribution in [0.5, 0.6) is 0 Å². The first kappa shape index (κ1) is 12.1. The summed E-state index contributed by atoms with van der Waals surface area (Å²) in [6.07, 6.45) is 1.53. The number of aromatic nitrogens is 5. The zero-order valence-electron chi connectivity index (χ0n) is 10.8. The van der Waals surface area contributed by atoms with E-state index in [1.807, 2.05) is 0 Å². The first-order valence-electron chi connectivity index (χ1n) is 5.81. The lowest BCUT2D eigenvalue weighted by molar-refractivity contribution is -0.114. The average molecular weight is 273 g/mol. The van der Waals surface area contributed by atoms with E-state index in [4.69, 9.17) is 4.42 Å². The molecule has 0 saturated heterocycles. The Hall–Kier alpha value is -2.97. The second kappa shape index (κ2) is 4.61. The van der Waals surface area contributed by atoms with Crippen LogP contribution in [-0.4, -0.2) is 37.5 Å². The standard InChI is InChI=1S/C11H11N7O2/c1-6(19)13-10-15-9(12-2)16-11-14-8(17-18(10)11)7-4-3-5-20-7/h3-5H,1-2H3,(H2,12,13,14,15,16,17,19). The SMILES string of the molecule is CNc1nc(NC(C)=O)n2nc(-c3ccco3)nc2n1. The van der Waals surface area contributed by atoms with E-state index < -0.39 is 0 Å². The van der Waals surface area contributed by atoms with Crippen LogP contribution >= 0.6 is 0 Å². The monoisotopic (exact) mass is 273 g/mol. The molecule has 2 N–H and O–H groups in total. The van der Waals surface area contributed by atoms with E-state index in [1.165, 1.54) is 17.7 Å². The Morgan fingerprint density at radius 3 is 2.85 bits per heavy atom. The van der Waals surface area contributed by atoms with Crippen molar-refractivity contribution in [1.82, 2.24) is 24.6 Å². The maximum Gasteiger partial charge on any atom is 0.259 e. The fourth-order valence-corrected chi connectivity index (χ4v) is 1.65. The Kier molecular flexibility index (Phi) is 2.78. The third-order valence-electron chi connectivity index (χ3n) is 2.46. The number of nitrogens with zero attached hydrogens (tertiary/aromatic N) is 5. The number of anilines is 2. The lowest BCUT2D eigenvalue weighted by atomic mass is 10.4. The molecule has 3 rings (SSSR count). The van der Waals surface area contributed by atoms with Crippen LogP contribution in [0.25, 0.3) is 17.4 Å². The average Bonchev–Trinajstić information content (AvgIpc) is 3.06. The zero-order chi connectivity index (χ0) is 14.1. The van der Waals surface area contributed by atoms with Crippen molar-refractivity contribution >= 4 is 23.6 Å². The highest BCUT2D eigenvalue weighted by Crippen LogP contribution is 2.18. The van der Waals surface area contributed by atoms with Crippen molar-refractivity contribution in [2.45, 2.75) is 6.92 Å². The molecule has 0 bridgehead atoms. The van der Waals surface area contributed by atoms with Crippen molar-refractivity contribution < 1.29 is 9.21 Å². The van der Waals surface area contributed by atoms with Gasteiger partial charge in [0.25, 0.3) is 5.78 Å². The molecule has 3 heterocycles. The quantitative estimate of drug-likeness (QED) is 0.725. The highest BCUT2D eigenvalue weighted by molar-refractivity contribution is 5.87. The number of hydrogen-bond acceptors (Lipinski definition) is 7. The van der Waals surface area contributed by atoms with E-state index in [9.17, 15) is 4.79 Å². The van der Waals surface area contributed by atoms with Gasteiger partial charge in [-0.15, -0.1) is 5.10 Å². The van der Waals surface area contributed by atoms with Gasteiger partial charge < -0.3 is 9.73 Å². The molecule has 0 fully saturated rings. The minimum atomic E-state index is -0.262. The molecule has 0 radical (unpaired) electrons. The van der Waals surface area contributed by atoms with Crippen LogP contribution in [0.1, 0.15) is 6.92 Å². The predicted octanol–water partition coefficient (Wildman–Crippen LogP) is 0.779. The van der Waals surface area contributed by atoms with E-state index in [2.05, 4.69) is 30.7 Å². The van der Waals surface area contributed by atoms with E-state index in [0.717, 1.165) is 0 Å². The molecule has 0 aliphatic heterocycles. The highest BCUT2D eigenvalue weighted by atomic mass is 16.3. The van der Waals surface area contributed by atoms with Crippen LogP contribution < -0.4 is 10.6 Å². The molecule has 0 aliphatic rings. The summed E-state index contributed by atoms with van der Waals surface area (Å²) in [5, 5.41) is 9.61. The molecular formula is C11H11N7O2. The van der Waals surface area contributed by atoms with Crippen LogP contribution in [0.3, 0.4) is 0 Å². The Morgan fingerprint density at radius 2 is 2.20 bits per heavy atom. The maximum absolute atomic E-state index is 11.2. The molecule has 102 valence electrons. The molecule has 0 atom stereocenters. The third-order valence-corrected chi connectivity index (χ3v) is 2.46. The van der Waals surface area contributed by atoms with Crippen molar-refractivity contribution in [3.05, 3.63) is 18.4 Å². The molecule has 3 aromatic rings. The van der Waals surface area contributed by atoms with Gasteiger partial charge in [-0.1, -0.05) is 0 Å². The highest BCUT2D eigenvalue weighted by Gasteiger charge is 2.15. The molecule has 1 amide bonds. The predicted molar refractivity (Wildman–Crippen MR) is 70.1 cm³/mol. The van der Waals surface area contributed by atoms with Crippen molar-refractivity contribution in [1.29, 1.82) is 0 Å². The van der Waals surface area contributed by atoms with Gasteiger partial charge in [0.05, 0.1) is 6.26 Å². The summed E-state index contributed by atoms with van der Waals surface area (Å²) >= 11 is 0. The minimum Gasteiger partial charge on any atom is -0.461 e. The molecule has 0 spiro atoms. The van der Waals surface area contributed by atoms with Gasteiger partial charge in [-0.3, -0.25) is 10.1 Å². The Balaban J connectivity index is 2.18. The maximum atomic E-state index is 11.2. The second-order valence-corrected chi connectivity index (χ2v) is 3.93. The smallest absolute Gasteiger partial charge is 0.259 e. The number of carbonyl (C=O) groups excluding carboxylic acids is 1. The fourth-order valence-electron chi connectivity index (χ4n) is 1.65. The number of fused-ring (bicyclic) bond motifs is 1. The summed E-state index contributed by atoms with van der Waals surface area (Å²) in [4.78, 5) is 23.8. The van der Waals surface area contributed by atoms with Gasteiger partial charge in [-0.25, -0.2) is 0 Å². The first-order valence-corrected chi connectivity index (χ1v) is 5.81. The lowest BCUT2D eigenvalue weighted by Gasteiger charge is -2.04. The minimum absolute atomic E-state index is 0.233. The molecule has 0 aliphatic carbocycles. The Morgan fingerprint density at radius 1 is 1.35 bits per heavy atom. The van der Waals surface area contributed by atoms with Gasteiger partial charge in [0, 0.05) is 14.0 Å². The van der Waals surface area contributed by atoms with Crippen molar-refractivity contribution in [2.75, 3.05) is 17.7 Å². The van der Waals surface area contributed by atoms with Crippen LogP contribution in [0.2, 0.25) is 0 Å². The van der Waals surface area contributed by atoms with Crippen molar-refractivity contribution in [3.63, 3.8) is 0 Å². The van der Waals surface area contributed by atoms with Gasteiger partial charge in [0.15, 0.2) is 5.76 Å². The van der Waals surface area contributed by atoms with Gasteiger partial charge in [0.1, 0.15) is 0 Å². The molecule has 9 nitrogen and oxygen atoms in total. The molecule has 20 heavy (non-hydrogen) atoms. The van der Waals surface area contributed by atoms with E-state index >= 15 is 0 Å². The molecule has 9 heteroatoms. The van der Waals surface area contributed by atoms with Crippen molar-refractivity contribution in [2.24, 2.45) is 0 Å². The van der Waals surface area contributed by atoms with Crippen molar-refractivity contribution in [3.8, 4) is 11.6 Å². The summed E-state index contributed by atoms with van der Waals surface area (Å²) in [6.45, 7) is 1.39. The molecular weight excluding hydrogens is 262 g/mol. The van der Waals surface area contributed by atoms with Crippen LogP contribution in [0.4, 0.5) is 11.9 Å². The van der Waals surface area contributed by atoms with Gasteiger partial charge in [-0.05, 0) is 12.1 Å². The van der Waals surface area contributed by atoms with Crippen LogP contribution in [-0.2, 0) is 4.79 Å². The Labute approximate surface area is 113 Å². The van der Waals surface area contributed by atoms with Crippen LogP contribution in [0.15, 0.2) is 22.8 Å².